The van der Waals surface area contributed by atoms with Crippen molar-refractivity contribution in [2.75, 3.05) is 14.2 Å². The van der Waals surface area contributed by atoms with E-state index < -0.39 is 22.1 Å². The van der Waals surface area contributed by atoms with E-state index in [1.54, 1.807) is 18.2 Å². The van der Waals surface area contributed by atoms with Gasteiger partial charge in [0.2, 0.25) is 0 Å². The first-order valence-corrected chi connectivity index (χ1v) is 10.6. The van der Waals surface area contributed by atoms with Crippen LogP contribution in [0.3, 0.4) is 0 Å². The summed E-state index contributed by atoms with van der Waals surface area (Å²) < 4.78 is 11.8. The van der Waals surface area contributed by atoms with Gasteiger partial charge in [-0.2, -0.15) is 0 Å². The molecule has 35 heavy (non-hydrogen) atoms. The number of carbonyl (C=O) groups excluding carboxylic acids is 1. The van der Waals surface area contributed by atoms with E-state index in [0.717, 1.165) is 11.6 Å². The SMILES string of the molecule is COC(=O)c1cc([N+](=O)[O-])ccc1/C=C/c1cc(-n2ccc(=O)[nH]c2=O)cc(C(C)(C)C)c1OC. The largest absolute Gasteiger partial charge is 0.496 e. The number of esters is 1. The van der Waals surface area contributed by atoms with Crippen LogP contribution in [0.1, 0.15) is 47.8 Å². The number of nitro groups is 1. The van der Waals surface area contributed by atoms with Crippen molar-refractivity contribution in [3.8, 4) is 11.4 Å². The van der Waals surface area contributed by atoms with Gasteiger partial charge in [0.25, 0.3) is 11.2 Å². The molecule has 10 nitrogen and oxygen atoms in total. The number of methoxy groups -OCH3 is 2. The molecule has 182 valence electrons. The molecule has 1 N–H and O–H groups in total. The summed E-state index contributed by atoms with van der Waals surface area (Å²) in [6.45, 7) is 5.97. The van der Waals surface area contributed by atoms with E-state index in [0.29, 0.717) is 22.6 Å². The van der Waals surface area contributed by atoms with Gasteiger partial charge >= 0.3 is 11.7 Å². The summed E-state index contributed by atoms with van der Waals surface area (Å²) in [6.07, 6.45) is 4.68. The smallest absolute Gasteiger partial charge is 0.338 e. The molecule has 0 saturated carbocycles. The van der Waals surface area contributed by atoms with Gasteiger partial charge in [0, 0.05) is 35.5 Å². The average Bonchev–Trinajstić information content (AvgIpc) is 2.80. The zero-order chi connectivity index (χ0) is 25.9. The van der Waals surface area contributed by atoms with Crippen molar-refractivity contribution in [2.24, 2.45) is 0 Å². The van der Waals surface area contributed by atoms with E-state index in [4.69, 9.17) is 9.47 Å². The van der Waals surface area contributed by atoms with E-state index in [1.807, 2.05) is 26.8 Å². The predicted octanol–water partition coefficient (Wildman–Crippen LogP) is 3.70. The Morgan fingerprint density at radius 2 is 1.74 bits per heavy atom. The second-order valence-corrected chi connectivity index (χ2v) is 8.70. The van der Waals surface area contributed by atoms with Crippen LogP contribution in [0.5, 0.6) is 5.75 Å². The van der Waals surface area contributed by atoms with Gasteiger partial charge in [-0.25, -0.2) is 9.59 Å². The van der Waals surface area contributed by atoms with E-state index in [1.165, 1.54) is 43.2 Å². The lowest BCUT2D eigenvalue weighted by molar-refractivity contribution is -0.384. The molecule has 0 aliphatic rings. The predicted molar refractivity (Wildman–Crippen MR) is 131 cm³/mol. The second kappa shape index (κ2) is 9.80. The van der Waals surface area contributed by atoms with Gasteiger partial charge in [-0.15, -0.1) is 0 Å². The van der Waals surface area contributed by atoms with Gasteiger partial charge in [0.15, 0.2) is 0 Å². The van der Waals surface area contributed by atoms with Gasteiger partial charge < -0.3 is 9.47 Å². The van der Waals surface area contributed by atoms with Crippen molar-refractivity contribution in [2.45, 2.75) is 26.2 Å². The molecule has 1 aromatic heterocycles. The standard InChI is InChI=1S/C25H25N3O7/c1-25(2,3)20-14-18(27-11-10-21(29)26-24(27)31)12-16(22(20)34-4)7-6-15-8-9-17(28(32)33)13-19(15)23(30)35-5/h6-14H,1-5H3,(H,26,29,31)/b7-6+. The number of nitro benzene ring substituents is 1. The second-order valence-electron chi connectivity index (χ2n) is 8.70. The van der Waals surface area contributed by atoms with Crippen LogP contribution in [-0.2, 0) is 10.2 Å². The Hall–Kier alpha value is -4.47. The number of carbonyl (C=O) groups is 1. The lowest BCUT2D eigenvalue weighted by atomic mass is 9.84. The molecule has 0 aliphatic heterocycles. The van der Waals surface area contributed by atoms with Gasteiger partial charge in [0.05, 0.1) is 30.4 Å². The number of hydrogen-bond acceptors (Lipinski definition) is 7. The van der Waals surface area contributed by atoms with Crippen molar-refractivity contribution in [3.63, 3.8) is 0 Å². The maximum atomic E-state index is 12.4. The normalized spacial score (nSPS) is 11.5. The topological polar surface area (TPSA) is 134 Å². The van der Waals surface area contributed by atoms with E-state index in [9.17, 15) is 24.5 Å². The van der Waals surface area contributed by atoms with Crippen molar-refractivity contribution < 1.29 is 19.2 Å². The number of H-pyrrole nitrogens is 1. The Morgan fingerprint density at radius 3 is 2.31 bits per heavy atom. The molecule has 1 heterocycles. The molecular formula is C25H25N3O7. The van der Waals surface area contributed by atoms with Crippen LogP contribution in [0.25, 0.3) is 17.8 Å². The minimum Gasteiger partial charge on any atom is -0.496 e. The molecular weight excluding hydrogens is 454 g/mol. The summed E-state index contributed by atoms with van der Waals surface area (Å²) in [7, 11) is 2.72. The van der Waals surface area contributed by atoms with Crippen LogP contribution in [0.2, 0.25) is 0 Å². The fourth-order valence-corrected chi connectivity index (χ4v) is 3.57. The number of non-ortho nitro benzene ring substituents is 1. The van der Waals surface area contributed by atoms with Crippen LogP contribution in [0, 0.1) is 10.1 Å². The highest BCUT2D eigenvalue weighted by Gasteiger charge is 2.23. The quantitative estimate of drug-likeness (QED) is 0.247. The Labute approximate surface area is 200 Å². The third kappa shape index (κ3) is 5.37. The molecule has 0 atom stereocenters. The summed E-state index contributed by atoms with van der Waals surface area (Å²) in [5.74, 6) is -0.166. The lowest BCUT2D eigenvalue weighted by Crippen LogP contribution is -2.28. The van der Waals surface area contributed by atoms with Crippen LogP contribution in [0.15, 0.2) is 52.2 Å². The van der Waals surface area contributed by atoms with E-state index in [2.05, 4.69) is 4.98 Å². The number of nitrogens with zero attached hydrogens (tertiary/aromatic N) is 2. The van der Waals surface area contributed by atoms with Gasteiger partial charge in [-0.1, -0.05) is 32.9 Å². The maximum absolute atomic E-state index is 12.4. The van der Waals surface area contributed by atoms with Gasteiger partial charge in [-0.05, 0) is 29.2 Å². The Morgan fingerprint density at radius 1 is 1.06 bits per heavy atom. The molecule has 0 bridgehead atoms. The molecule has 0 radical (unpaired) electrons. The highest BCUT2D eigenvalue weighted by Crippen LogP contribution is 2.37. The molecule has 0 aliphatic carbocycles. The summed E-state index contributed by atoms with van der Waals surface area (Å²) in [4.78, 5) is 49.0. The van der Waals surface area contributed by atoms with E-state index >= 15 is 0 Å². The zero-order valence-corrected chi connectivity index (χ0v) is 19.9. The number of hydrogen-bond donors (Lipinski definition) is 1. The van der Waals surface area contributed by atoms with Crippen LogP contribution >= 0.6 is 0 Å². The highest BCUT2D eigenvalue weighted by atomic mass is 16.6. The highest BCUT2D eigenvalue weighted by molar-refractivity contribution is 5.95. The molecule has 2 aromatic carbocycles. The molecule has 0 spiro atoms. The molecule has 10 heteroatoms. The van der Waals surface area contributed by atoms with Gasteiger partial charge in [0.1, 0.15) is 5.75 Å². The summed E-state index contributed by atoms with van der Waals surface area (Å²) in [5.41, 5.74) is 0.581. The zero-order valence-electron chi connectivity index (χ0n) is 19.9. The summed E-state index contributed by atoms with van der Waals surface area (Å²) >= 11 is 0. The van der Waals surface area contributed by atoms with Crippen molar-refractivity contribution in [3.05, 3.63) is 95.8 Å². The third-order valence-electron chi connectivity index (χ3n) is 5.31. The fourth-order valence-electron chi connectivity index (χ4n) is 3.57. The Balaban J connectivity index is 2.24. The van der Waals surface area contributed by atoms with E-state index in [-0.39, 0.29) is 16.7 Å². The molecule has 0 fully saturated rings. The number of benzene rings is 2. The average molecular weight is 479 g/mol. The molecule has 3 aromatic rings. The maximum Gasteiger partial charge on any atom is 0.338 e. The monoisotopic (exact) mass is 479 g/mol. The summed E-state index contributed by atoms with van der Waals surface area (Å²) in [5, 5.41) is 11.2. The lowest BCUT2D eigenvalue weighted by Gasteiger charge is -2.25. The van der Waals surface area contributed by atoms with Gasteiger partial charge in [-0.3, -0.25) is 24.5 Å². The van der Waals surface area contributed by atoms with Crippen molar-refractivity contribution >= 4 is 23.8 Å². The first kappa shape index (κ1) is 25.2. The van der Waals surface area contributed by atoms with Crippen LogP contribution in [-0.4, -0.2) is 34.7 Å². The molecule has 0 amide bonds. The van der Waals surface area contributed by atoms with Crippen LogP contribution < -0.4 is 16.0 Å². The number of ether oxygens (including phenoxy) is 2. The molecule has 0 unspecified atom stereocenters. The molecule has 0 saturated heterocycles. The van der Waals surface area contributed by atoms with Crippen molar-refractivity contribution in [1.82, 2.24) is 9.55 Å². The Bertz CT molecular complexity index is 1440. The third-order valence-corrected chi connectivity index (χ3v) is 5.31. The minimum absolute atomic E-state index is 0.0287. The number of aromatic nitrogens is 2. The summed E-state index contributed by atoms with van der Waals surface area (Å²) in [6, 6.07) is 8.65. The van der Waals surface area contributed by atoms with Crippen LogP contribution in [0.4, 0.5) is 5.69 Å². The van der Waals surface area contributed by atoms with Crippen molar-refractivity contribution in [1.29, 1.82) is 0 Å². The first-order valence-electron chi connectivity index (χ1n) is 10.6. The molecule has 3 rings (SSSR count). The first-order chi connectivity index (χ1) is 16.5. The fraction of sp³-hybridized carbons (Fsp3) is 0.240. The number of aromatic amines is 1. The number of nitrogens with one attached hydrogen (secondary N) is 1. The minimum atomic E-state index is -0.718. The number of rotatable bonds is 6. The Kier molecular flexibility index (Phi) is 7.04.